The minimum absolute atomic E-state index is 0.115. The lowest BCUT2D eigenvalue weighted by molar-refractivity contribution is -0.310. The quantitative estimate of drug-likeness (QED) is 0.157. The molecule has 0 aromatic carbocycles. The molecular weight excluding hydrogens is 450 g/mol. The van der Waals surface area contributed by atoms with Gasteiger partial charge in [-0.15, -0.1) is 0 Å². The number of nitrogens with two attached hydrogens (primary N) is 3. The summed E-state index contributed by atoms with van der Waals surface area (Å²) in [4.78, 5) is 0. The Morgan fingerprint density at radius 1 is 1.12 bits per heavy atom. The molecule has 2 fully saturated rings. The SMILES string of the molecule is CCN[C@@H]1C(O)[C@H](N)[C@@H](O[C@H]2OC(CN)=CC[C@H]2N)[C@H](O)[C@H]1O[C@H]1OC[C@](C)(O)[C@H](NC)[C@H]1O. The first-order chi connectivity index (χ1) is 16.0. The van der Waals surface area contributed by atoms with Crippen molar-refractivity contribution in [2.45, 2.75) is 93.1 Å². The van der Waals surface area contributed by atoms with Gasteiger partial charge in [-0.1, -0.05) is 6.92 Å². The van der Waals surface area contributed by atoms with Crippen molar-refractivity contribution in [1.29, 1.82) is 0 Å². The highest BCUT2D eigenvalue weighted by atomic mass is 16.7. The fraction of sp³-hybridized carbons (Fsp3) is 0.905. The topological polar surface area (TPSA) is 220 Å². The lowest BCUT2D eigenvalue weighted by Crippen LogP contribution is -2.73. The first-order valence-corrected chi connectivity index (χ1v) is 11.7. The molecule has 34 heavy (non-hydrogen) atoms. The van der Waals surface area contributed by atoms with Crippen molar-refractivity contribution < 1.29 is 39.4 Å². The average molecular weight is 492 g/mol. The highest BCUT2D eigenvalue weighted by Crippen LogP contribution is 2.32. The van der Waals surface area contributed by atoms with Crippen LogP contribution in [-0.2, 0) is 18.9 Å². The second-order valence-corrected chi connectivity index (χ2v) is 9.40. The third-order valence-corrected chi connectivity index (χ3v) is 6.77. The Morgan fingerprint density at radius 3 is 2.41 bits per heavy atom. The van der Waals surface area contributed by atoms with Gasteiger partial charge in [0.15, 0.2) is 6.29 Å². The molecule has 12 N–H and O–H groups in total. The van der Waals surface area contributed by atoms with Gasteiger partial charge in [-0.2, -0.15) is 0 Å². The molecule has 13 heteroatoms. The number of aliphatic hydroxyl groups is 4. The number of nitrogens with one attached hydrogen (secondary N) is 2. The molecule has 0 spiro atoms. The smallest absolute Gasteiger partial charge is 0.215 e. The van der Waals surface area contributed by atoms with Crippen molar-refractivity contribution in [3.63, 3.8) is 0 Å². The number of aliphatic hydroxyl groups excluding tert-OH is 3. The maximum absolute atomic E-state index is 11.3. The summed E-state index contributed by atoms with van der Waals surface area (Å²) in [5, 5.41) is 49.5. The van der Waals surface area contributed by atoms with Crippen LogP contribution in [-0.4, -0.2) is 120 Å². The zero-order chi connectivity index (χ0) is 25.2. The van der Waals surface area contributed by atoms with Gasteiger partial charge in [-0.25, -0.2) is 0 Å². The van der Waals surface area contributed by atoms with E-state index < -0.39 is 72.9 Å². The summed E-state index contributed by atoms with van der Waals surface area (Å²) in [5.41, 5.74) is 16.7. The second-order valence-electron chi connectivity index (χ2n) is 9.40. The predicted molar refractivity (Wildman–Crippen MR) is 121 cm³/mol. The van der Waals surface area contributed by atoms with Crippen LogP contribution in [0.25, 0.3) is 0 Å². The van der Waals surface area contributed by atoms with E-state index in [1.54, 1.807) is 13.1 Å². The zero-order valence-electron chi connectivity index (χ0n) is 19.9. The highest BCUT2D eigenvalue weighted by Gasteiger charge is 2.54. The summed E-state index contributed by atoms with van der Waals surface area (Å²) in [5.74, 6) is 0.508. The molecule has 13 nitrogen and oxygen atoms in total. The molecule has 0 amide bonds. The molecule has 3 rings (SSSR count). The third-order valence-electron chi connectivity index (χ3n) is 6.77. The van der Waals surface area contributed by atoms with Crippen LogP contribution in [0.4, 0.5) is 0 Å². The van der Waals surface area contributed by atoms with E-state index in [4.69, 9.17) is 36.1 Å². The number of hydrogen-bond donors (Lipinski definition) is 9. The predicted octanol–water partition coefficient (Wildman–Crippen LogP) is -4.23. The molecule has 2 aliphatic heterocycles. The fourth-order valence-electron chi connectivity index (χ4n) is 4.86. The maximum Gasteiger partial charge on any atom is 0.215 e. The first kappa shape index (κ1) is 27.6. The van der Waals surface area contributed by atoms with Gasteiger partial charge in [-0.05, 0) is 33.0 Å². The molecule has 12 atom stereocenters. The Bertz CT molecular complexity index is 700. The van der Waals surface area contributed by atoms with Gasteiger partial charge in [-0.3, -0.25) is 0 Å². The molecule has 1 saturated heterocycles. The standard InChI is InChI=1S/C21H41N5O8/c1-4-26-12-13(27)11(24)16(33-19-10(23)6-5-9(7-22)32-19)14(28)17(12)34-20-15(29)18(25-3)21(2,30)8-31-20/h5,10-20,25-30H,4,6-8,22-24H2,1-3H3/t10-,11+,12-,13?,14+,15-,16-,17+,18-,19-,20-,21+/m1/s1. The van der Waals surface area contributed by atoms with E-state index >= 15 is 0 Å². The Balaban J connectivity index is 1.80. The molecule has 0 radical (unpaired) electrons. The second kappa shape index (κ2) is 11.4. The van der Waals surface area contributed by atoms with Crippen molar-refractivity contribution in [3.05, 3.63) is 11.8 Å². The van der Waals surface area contributed by atoms with Gasteiger partial charge >= 0.3 is 0 Å². The monoisotopic (exact) mass is 491 g/mol. The fourth-order valence-corrected chi connectivity index (χ4v) is 4.86. The van der Waals surface area contributed by atoms with E-state index in [2.05, 4.69) is 10.6 Å². The van der Waals surface area contributed by atoms with Crippen LogP contribution in [0, 0.1) is 0 Å². The molecule has 2 heterocycles. The van der Waals surface area contributed by atoms with E-state index in [1.165, 1.54) is 6.92 Å². The molecule has 1 aliphatic carbocycles. The number of likely N-dealkylation sites (N-methyl/N-ethyl adjacent to an activating group) is 2. The molecule has 3 aliphatic rings. The Kier molecular flexibility index (Phi) is 9.28. The minimum atomic E-state index is -1.34. The number of ether oxygens (including phenoxy) is 4. The lowest BCUT2D eigenvalue weighted by Gasteiger charge is -2.50. The van der Waals surface area contributed by atoms with E-state index in [1.807, 2.05) is 6.92 Å². The van der Waals surface area contributed by atoms with Gasteiger partial charge in [0.05, 0.1) is 43.4 Å². The summed E-state index contributed by atoms with van der Waals surface area (Å²) in [6.45, 7) is 3.87. The van der Waals surface area contributed by atoms with Crippen molar-refractivity contribution in [2.75, 3.05) is 26.7 Å². The van der Waals surface area contributed by atoms with Crippen LogP contribution in [0.15, 0.2) is 11.8 Å². The van der Waals surface area contributed by atoms with E-state index in [9.17, 15) is 20.4 Å². The maximum atomic E-state index is 11.3. The van der Waals surface area contributed by atoms with Crippen molar-refractivity contribution >= 4 is 0 Å². The molecule has 0 aromatic rings. The largest absolute Gasteiger partial charge is 0.467 e. The molecule has 0 aromatic heterocycles. The van der Waals surface area contributed by atoms with E-state index in [0.29, 0.717) is 18.7 Å². The van der Waals surface area contributed by atoms with Crippen LogP contribution < -0.4 is 27.8 Å². The Morgan fingerprint density at radius 2 is 1.79 bits per heavy atom. The number of rotatable bonds is 8. The molecule has 1 unspecified atom stereocenters. The van der Waals surface area contributed by atoms with E-state index in [0.717, 1.165) is 0 Å². The highest BCUT2D eigenvalue weighted by molar-refractivity contribution is 5.08. The minimum Gasteiger partial charge on any atom is -0.467 e. The van der Waals surface area contributed by atoms with E-state index in [-0.39, 0.29) is 13.2 Å². The lowest BCUT2D eigenvalue weighted by atomic mass is 9.81. The molecule has 1 saturated carbocycles. The van der Waals surface area contributed by atoms with Crippen LogP contribution in [0.3, 0.4) is 0 Å². The van der Waals surface area contributed by atoms with Crippen LogP contribution in [0.1, 0.15) is 20.3 Å². The summed E-state index contributed by atoms with van der Waals surface area (Å²) >= 11 is 0. The summed E-state index contributed by atoms with van der Waals surface area (Å²) in [6, 6.07) is -3.06. The van der Waals surface area contributed by atoms with Crippen molar-refractivity contribution in [2.24, 2.45) is 17.2 Å². The van der Waals surface area contributed by atoms with Crippen LogP contribution in [0.5, 0.6) is 0 Å². The van der Waals surface area contributed by atoms with Crippen molar-refractivity contribution in [3.8, 4) is 0 Å². The van der Waals surface area contributed by atoms with Gasteiger partial charge in [0.1, 0.15) is 35.8 Å². The number of hydrogen-bond acceptors (Lipinski definition) is 13. The average Bonchev–Trinajstić information content (AvgIpc) is 2.80. The summed E-state index contributed by atoms with van der Waals surface area (Å²) < 4.78 is 23.3. The molecule has 0 bridgehead atoms. The van der Waals surface area contributed by atoms with Crippen LogP contribution in [0.2, 0.25) is 0 Å². The van der Waals surface area contributed by atoms with Gasteiger partial charge in [0.2, 0.25) is 6.29 Å². The van der Waals surface area contributed by atoms with Gasteiger partial charge in [0.25, 0.3) is 0 Å². The molecule has 198 valence electrons. The molecular formula is C21H41N5O8. The normalized spacial score (nSPS) is 47.7. The Labute approximate surface area is 199 Å². The third kappa shape index (κ3) is 5.56. The zero-order valence-corrected chi connectivity index (χ0v) is 19.9. The van der Waals surface area contributed by atoms with Gasteiger partial charge in [0, 0.05) is 0 Å². The van der Waals surface area contributed by atoms with Crippen LogP contribution >= 0.6 is 0 Å². The summed E-state index contributed by atoms with van der Waals surface area (Å²) in [7, 11) is 1.60. The van der Waals surface area contributed by atoms with Crippen molar-refractivity contribution in [1.82, 2.24) is 10.6 Å². The van der Waals surface area contributed by atoms with Gasteiger partial charge < -0.3 is 67.2 Å². The summed E-state index contributed by atoms with van der Waals surface area (Å²) in [6.07, 6.45) is -5.84. The Hall–Kier alpha value is -0.940. The first-order valence-electron chi connectivity index (χ1n) is 11.7.